The molecule has 0 aromatic heterocycles. The molecule has 0 saturated carbocycles. The van der Waals surface area contributed by atoms with Crippen LogP contribution in [-0.2, 0) is 11.3 Å². The Balaban J connectivity index is 2.45. The minimum atomic E-state index is -0.352. The van der Waals surface area contributed by atoms with Crippen molar-refractivity contribution in [3.8, 4) is 11.1 Å². The minimum Gasteiger partial charge on any atom is -0.465 e. The summed E-state index contributed by atoms with van der Waals surface area (Å²) in [4.78, 5) is 11.6. The molecule has 2 aromatic rings. The summed E-state index contributed by atoms with van der Waals surface area (Å²) in [7, 11) is 1.37. The average molecular weight is 241 g/mol. The van der Waals surface area contributed by atoms with Gasteiger partial charge in [-0.2, -0.15) is 0 Å². The SMILES string of the molecule is COC(=O)c1ccc(-c2ccccc2)cc1CN. The maximum Gasteiger partial charge on any atom is 0.338 e. The Kier molecular flexibility index (Phi) is 3.75. The van der Waals surface area contributed by atoms with Crippen molar-refractivity contribution in [1.29, 1.82) is 0 Å². The van der Waals surface area contributed by atoms with Gasteiger partial charge in [-0.3, -0.25) is 0 Å². The largest absolute Gasteiger partial charge is 0.465 e. The van der Waals surface area contributed by atoms with Crippen molar-refractivity contribution in [3.05, 3.63) is 59.7 Å². The van der Waals surface area contributed by atoms with Crippen LogP contribution in [0, 0.1) is 0 Å². The summed E-state index contributed by atoms with van der Waals surface area (Å²) in [5, 5.41) is 0. The summed E-state index contributed by atoms with van der Waals surface area (Å²) in [5.74, 6) is -0.352. The molecule has 2 N–H and O–H groups in total. The van der Waals surface area contributed by atoms with Crippen LogP contribution in [0.4, 0.5) is 0 Å². The number of benzene rings is 2. The Hall–Kier alpha value is -2.13. The van der Waals surface area contributed by atoms with E-state index in [9.17, 15) is 4.79 Å². The zero-order chi connectivity index (χ0) is 13.0. The van der Waals surface area contributed by atoms with Crippen molar-refractivity contribution in [3.63, 3.8) is 0 Å². The van der Waals surface area contributed by atoms with Gasteiger partial charge < -0.3 is 10.5 Å². The van der Waals surface area contributed by atoms with E-state index in [0.717, 1.165) is 16.7 Å². The molecule has 2 aromatic carbocycles. The lowest BCUT2D eigenvalue weighted by molar-refractivity contribution is 0.0599. The number of carbonyl (C=O) groups is 1. The molecule has 18 heavy (non-hydrogen) atoms. The number of carbonyl (C=O) groups excluding carboxylic acids is 1. The molecule has 0 aliphatic heterocycles. The van der Waals surface area contributed by atoms with Crippen LogP contribution in [0.15, 0.2) is 48.5 Å². The van der Waals surface area contributed by atoms with E-state index in [1.807, 2.05) is 42.5 Å². The molecule has 0 heterocycles. The van der Waals surface area contributed by atoms with Gasteiger partial charge in [0.15, 0.2) is 0 Å². The number of esters is 1. The summed E-state index contributed by atoms with van der Waals surface area (Å²) in [5.41, 5.74) is 9.15. The predicted octanol–water partition coefficient (Wildman–Crippen LogP) is 2.60. The summed E-state index contributed by atoms with van der Waals surface area (Å²) in [6.07, 6.45) is 0. The first-order chi connectivity index (χ1) is 8.76. The van der Waals surface area contributed by atoms with Crippen LogP contribution in [0.5, 0.6) is 0 Å². The second-order valence-corrected chi connectivity index (χ2v) is 3.93. The van der Waals surface area contributed by atoms with Gasteiger partial charge in [0.2, 0.25) is 0 Å². The van der Waals surface area contributed by atoms with Crippen LogP contribution in [0.25, 0.3) is 11.1 Å². The molecule has 3 heteroatoms. The lowest BCUT2D eigenvalue weighted by Gasteiger charge is -2.09. The number of ether oxygens (including phenoxy) is 1. The molecule has 3 nitrogen and oxygen atoms in total. The van der Waals surface area contributed by atoms with Crippen molar-refractivity contribution in [2.45, 2.75) is 6.54 Å². The van der Waals surface area contributed by atoms with Gasteiger partial charge in [0.1, 0.15) is 0 Å². The topological polar surface area (TPSA) is 52.3 Å². The van der Waals surface area contributed by atoms with Gasteiger partial charge in [-0.25, -0.2) is 4.79 Å². The van der Waals surface area contributed by atoms with Gasteiger partial charge in [0.25, 0.3) is 0 Å². The molecule has 0 unspecified atom stereocenters. The van der Waals surface area contributed by atoms with E-state index in [2.05, 4.69) is 0 Å². The molecular formula is C15H15NO2. The van der Waals surface area contributed by atoms with E-state index >= 15 is 0 Å². The highest BCUT2D eigenvalue weighted by Crippen LogP contribution is 2.22. The number of nitrogens with two attached hydrogens (primary N) is 1. The van der Waals surface area contributed by atoms with E-state index in [4.69, 9.17) is 10.5 Å². The van der Waals surface area contributed by atoms with Crippen LogP contribution in [0.1, 0.15) is 15.9 Å². The van der Waals surface area contributed by atoms with E-state index in [1.165, 1.54) is 7.11 Å². The third kappa shape index (κ3) is 2.41. The third-order valence-electron chi connectivity index (χ3n) is 2.84. The second kappa shape index (κ2) is 5.47. The number of hydrogen-bond donors (Lipinski definition) is 1. The highest BCUT2D eigenvalue weighted by atomic mass is 16.5. The minimum absolute atomic E-state index is 0.311. The third-order valence-corrected chi connectivity index (χ3v) is 2.84. The summed E-state index contributed by atoms with van der Waals surface area (Å²) < 4.78 is 4.73. The molecule has 2 rings (SSSR count). The first-order valence-electron chi connectivity index (χ1n) is 5.73. The van der Waals surface area contributed by atoms with Gasteiger partial charge >= 0.3 is 5.97 Å². The van der Waals surface area contributed by atoms with Gasteiger partial charge in [0.05, 0.1) is 12.7 Å². The molecule has 0 aliphatic rings. The van der Waals surface area contributed by atoms with Crippen LogP contribution in [0.2, 0.25) is 0 Å². The van der Waals surface area contributed by atoms with Crippen molar-refractivity contribution in [1.82, 2.24) is 0 Å². The fourth-order valence-corrected chi connectivity index (χ4v) is 1.88. The smallest absolute Gasteiger partial charge is 0.338 e. The molecule has 0 atom stereocenters. The van der Waals surface area contributed by atoms with Gasteiger partial charge in [-0.05, 0) is 28.8 Å². The van der Waals surface area contributed by atoms with Gasteiger partial charge in [-0.15, -0.1) is 0 Å². The monoisotopic (exact) mass is 241 g/mol. The highest BCUT2D eigenvalue weighted by Gasteiger charge is 2.11. The summed E-state index contributed by atoms with van der Waals surface area (Å²) in [6.45, 7) is 0.311. The van der Waals surface area contributed by atoms with E-state index < -0.39 is 0 Å². The lowest BCUT2D eigenvalue weighted by atomic mass is 9.99. The quantitative estimate of drug-likeness (QED) is 0.840. The fourth-order valence-electron chi connectivity index (χ4n) is 1.88. The molecule has 92 valence electrons. The summed E-state index contributed by atoms with van der Waals surface area (Å²) >= 11 is 0. The molecule has 0 saturated heterocycles. The van der Waals surface area contributed by atoms with Crippen molar-refractivity contribution < 1.29 is 9.53 Å². The first kappa shape index (κ1) is 12.3. The molecule has 0 fully saturated rings. The van der Waals surface area contributed by atoms with Crippen LogP contribution < -0.4 is 5.73 Å². The lowest BCUT2D eigenvalue weighted by Crippen LogP contribution is -2.09. The molecule has 0 bridgehead atoms. The zero-order valence-corrected chi connectivity index (χ0v) is 10.2. The number of rotatable bonds is 3. The van der Waals surface area contributed by atoms with E-state index in [0.29, 0.717) is 12.1 Å². The Labute approximate surface area is 106 Å². The molecule has 0 amide bonds. The standard InChI is InChI=1S/C15H15NO2/c1-18-15(17)14-8-7-12(9-13(14)10-16)11-5-3-2-4-6-11/h2-9H,10,16H2,1H3. The Bertz CT molecular complexity index is 550. The Morgan fingerprint density at radius 2 is 1.83 bits per heavy atom. The molecule has 0 aliphatic carbocycles. The Morgan fingerprint density at radius 3 is 2.44 bits per heavy atom. The summed E-state index contributed by atoms with van der Waals surface area (Å²) in [6, 6.07) is 15.6. The van der Waals surface area contributed by atoms with E-state index in [1.54, 1.807) is 6.07 Å². The second-order valence-electron chi connectivity index (χ2n) is 3.93. The first-order valence-corrected chi connectivity index (χ1v) is 5.73. The van der Waals surface area contributed by atoms with Gasteiger partial charge in [-0.1, -0.05) is 36.4 Å². The van der Waals surface area contributed by atoms with Crippen molar-refractivity contribution in [2.24, 2.45) is 5.73 Å². The Morgan fingerprint density at radius 1 is 1.11 bits per heavy atom. The van der Waals surface area contributed by atoms with Crippen molar-refractivity contribution in [2.75, 3.05) is 7.11 Å². The molecular weight excluding hydrogens is 226 g/mol. The molecule has 0 spiro atoms. The average Bonchev–Trinajstić information content (AvgIpc) is 2.46. The van der Waals surface area contributed by atoms with Crippen LogP contribution in [0.3, 0.4) is 0 Å². The van der Waals surface area contributed by atoms with Crippen LogP contribution in [-0.4, -0.2) is 13.1 Å². The highest BCUT2D eigenvalue weighted by molar-refractivity contribution is 5.91. The fraction of sp³-hybridized carbons (Fsp3) is 0.133. The molecule has 0 radical (unpaired) electrons. The maximum absolute atomic E-state index is 11.6. The number of methoxy groups -OCH3 is 1. The maximum atomic E-state index is 11.6. The van der Waals surface area contributed by atoms with Crippen LogP contribution >= 0.6 is 0 Å². The zero-order valence-electron chi connectivity index (χ0n) is 10.2. The van der Waals surface area contributed by atoms with E-state index in [-0.39, 0.29) is 5.97 Å². The van der Waals surface area contributed by atoms with Gasteiger partial charge in [0, 0.05) is 6.54 Å². The predicted molar refractivity (Wildman–Crippen MR) is 71.1 cm³/mol. The normalized spacial score (nSPS) is 10.1. The van der Waals surface area contributed by atoms with Crippen molar-refractivity contribution >= 4 is 5.97 Å². The number of hydrogen-bond acceptors (Lipinski definition) is 3.